The zero-order valence-electron chi connectivity index (χ0n) is 7.25. The van der Waals surface area contributed by atoms with Crippen LogP contribution in [0.2, 0.25) is 0 Å². The molecule has 1 aromatic heterocycles. The van der Waals surface area contributed by atoms with E-state index in [2.05, 4.69) is 4.98 Å². The van der Waals surface area contributed by atoms with E-state index >= 15 is 0 Å². The summed E-state index contributed by atoms with van der Waals surface area (Å²) in [5.41, 5.74) is 0.830. The van der Waals surface area contributed by atoms with Gasteiger partial charge < -0.3 is 4.98 Å². The Balaban J connectivity index is 2.30. The van der Waals surface area contributed by atoms with Crippen LogP contribution < -0.4 is 5.56 Å². The first-order chi connectivity index (χ1) is 6.27. The first kappa shape index (κ1) is 8.23. The van der Waals surface area contributed by atoms with Crippen molar-refractivity contribution in [3.8, 4) is 0 Å². The van der Waals surface area contributed by atoms with Crippen molar-refractivity contribution in [2.75, 3.05) is 0 Å². The van der Waals surface area contributed by atoms with Crippen LogP contribution in [0.25, 0.3) is 0 Å². The minimum atomic E-state index is -0.116. The zero-order chi connectivity index (χ0) is 9.26. The Hall–Kier alpha value is -1.38. The van der Waals surface area contributed by atoms with Crippen molar-refractivity contribution in [3.05, 3.63) is 34.2 Å². The molecule has 1 unspecified atom stereocenters. The number of Topliss-reactive ketones (excluding diaryl/α,β-unsaturated/α-hetero) is 1. The number of aromatic amines is 1. The second-order valence-electron chi connectivity index (χ2n) is 3.40. The second-order valence-corrected chi connectivity index (χ2v) is 3.40. The largest absolute Gasteiger partial charge is 0.329 e. The first-order valence-electron chi connectivity index (χ1n) is 4.49. The lowest BCUT2D eigenvalue weighted by Gasteiger charge is -2.06. The molecule has 1 saturated carbocycles. The fourth-order valence-corrected chi connectivity index (χ4v) is 1.81. The molecular weight excluding hydrogens is 166 g/mol. The lowest BCUT2D eigenvalue weighted by atomic mass is 9.99. The second kappa shape index (κ2) is 3.17. The molecule has 0 saturated heterocycles. The summed E-state index contributed by atoms with van der Waals surface area (Å²) in [6, 6.07) is 3.22. The summed E-state index contributed by atoms with van der Waals surface area (Å²) < 4.78 is 0. The maximum atomic E-state index is 11.4. The first-order valence-corrected chi connectivity index (χ1v) is 4.49. The van der Waals surface area contributed by atoms with Crippen LogP contribution >= 0.6 is 0 Å². The highest BCUT2D eigenvalue weighted by molar-refractivity contribution is 5.87. The molecule has 1 aliphatic carbocycles. The molecule has 3 nitrogen and oxygen atoms in total. The molecule has 13 heavy (non-hydrogen) atoms. The topological polar surface area (TPSA) is 49.9 Å². The van der Waals surface area contributed by atoms with Gasteiger partial charge in [-0.05, 0) is 18.4 Å². The molecule has 0 aliphatic heterocycles. The highest BCUT2D eigenvalue weighted by atomic mass is 16.1. The maximum absolute atomic E-state index is 11.4. The van der Waals surface area contributed by atoms with Crippen LogP contribution in [0, 0.1) is 0 Å². The van der Waals surface area contributed by atoms with E-state index in [1.54, 1.807) is 12.3 Å². The number of rotatable bonds is 1. The molecule has 0 radical (unpaired) electrons. The molecule has 0 bridgehead atoms. The van der Waals surface area contributed by atoms with E-state index < -0.39 is 0 Å². The lowest BCUT2D eigenvalue weighted by molar-refractivity contribution is -0.118. The van der Waals surface area contributed by atoms with Crippen LogP contribution in [0.5, 0.6) is 0 Å². The van der Waals surface area contributed by atoms with Gasteiger partial charge in [-0.1, -0.05) is 6.07 Å². The molecule has 1 aliphatic rings. The standard InChI is InChI=1S/C10H11NO2/c12-9-3-1-2-8(9)7-4-5-10(13)11-6-7/h4-6,8H,1-3H2,(H,11,13). The van der Waals surface area contributed by atoms with Crippen molar-refractivity contribution in [3.63, 3.8) is 0 Å². The Morgan fingerprint density at radius 3 is 2.69 bits per heavy atom. The average Bonchev–Trinajstić information content (AvgIpc) is 2.53. The third-order valence-electron chi connectivity index (χ3n) is 2.52. The lowest BCUT2D eigenvalue weighted by Crippen LogP contribution is -2.08. The number of pyridine rings is 1. The molecule has 1 aromatic rings. The van der Waals surface area contributed by atoms with Gasteiger partial charge in [-0.15, -0.1) is 0 Å². The van der Waals surface area contributed by atoms with Gasteiger partial charge in [-0.2, -0.15) is 0 Å². The van der Waals surface area contributed by atoms with E-state index in [9.17, 15) is 9.59 Å². The fourth-order valence-electron chi connectivity index (χ4n) is 1.81. The van der Waals surface area contributed by atoms with Gasteiger partial charge in [0.25, 0.3) is 0 Å². The molecule has 2 rings (SSSR count). The van der Waals surface area contributed by atoms with E-state index in [-0.39, 0.29) is 11.5 Å². The molecule has 1 heterocycles. The van der Waals surface area contributed by atoms with Gasteiger partial charge in [0.15, 0.2) is 0 Å². The number of aromatic nitrogens is 1. The predicted octanol–water partition coefficient (Wildman–Crippen LogP) is 1.21. The fraction of sp³-hybridized carbons (Fsp3) is 0.400. The molecule has 0 amide bonds. The Labute approximate surface area is 75.8 Å². The SMILES string of the molecule is O=C1CCCC1c1ccc(=O)[nH]c1. The summed E-state index contributed by atoms with van der Waals surface area (Å²) in [5, 5.41) is 0. The Kier molecular flexibility index (Phi) is 2.00. The highest BCUT2D eigenvalue weighted by Crippen LogP contribution is 2.29. The van der Waals surface area contributed by atoms with E-state index in [1.807, 2.05) is 0 Å². The minimum absolute atomic E-state index is 0.0249. The molecule has 0 aromatic carbocycles. The van der Waals surface area contributed by atoms with Gasteiger partial charge in [0.2, 0.25) is 5.56 Å². The maximum Gasteiger partial charge on any atom is 0.247 e. The van der Waals surface area contributed by atoms with Gasteiger partial charge in [0.05, 0.1) is 0 Å². The smallest absolute Gasteiger partial charge is 0.247 e. The Morgan fingerprint density at radius 2 is 2.15 bits per heavy atom. The van der Waals surface area contributed by atoms with Crippen molar-refractivity contribution in [1.82, 2.24) is 4.98 Å². The average molecular weight is 177 g/mol. The predicted molar refractivity (Wildman–Crippen MR) is 48.7 cm³/mol. The van der Waals surface area contributed by atoms with Crippen molar-refractivity contribution in [1.29, 1.82) is 0 Å². The van der Waals surface area contributed by atoms with E-state index in [4.69, 9.17) is 0 Å². The third-order valence-corrected chi connectivity index (χ3v) is 2.52. The minimum Gasteiger partial charge on any atom is -0.329 e. The number of carbonyl (C=O) groups excluding carboxylic acids is 1. The number of hydrogen-bond acceptors (Lipinski definition) is 2. The van der Waals surface area contributed by atoms with Gasteiger partial charge in [0, 0.05) is 24.6 Å². The van der Waals surface area contributed by atoms with Crippen LogP contribution in [-0.4, -0.2) is 10.8 Å². The van der Waals surface area contributed by atoms with Gasteiger partial charge >= 0.3 is 0 Å². The number of ketones is 1. The van der Waals surface area contributed by atoms with Crippen LogP contribution in [0.4, 0.5) is 0 Å². The number of H-pyrrole nitrogens is 1. The van der Waals surface area contributed by atoms with Crippen LogP contribution in [0.1, 0.15) is 30.7 Å². The van der Waals surface area contributed by atoms with Crippen molar-refractivity contribution >= 4 is 5.78 Å². The van der Waals surface area contributed by atoms with Gasteiger partial charge in [-0.25, -0.2) is 0 Å². The van der Waals surface area contributed by atoms with Gasteiger partial charge in [0.1, 0.15) is 5.78 Å². The third kappa shape index (κ3) is 1.54. The summed E-state index contributed by atoms with van der Waals surface area (Å²) in [4.78, 5) is 24.7. The van der Waals surface area contributed by atoms with Crippen molar-refractivity contribution in [2.45, 2.75) is 25.2 Å². The summed E-state index contributed by atoms with van der Waals surface area (Å²) in [7, 11) is 0. The number of nitrogens with one attached hydrogen (secondary N) is 1. The van der Waals surface area contributed by atoms with Crippen LogP contribution in [0.3, 0.4) is 0 Å². The van der Waals surface area contributed by atoms with E-state index in [0.29, 0.717) is 12.2 Å². The molecule has 1 N–H and O–H groups in total. The molecule has 1 fully saturated rings. The summed E-state index contributed by atoms with van der Waals surface area (Å²) in [5.74, 6) is 0.323. The zero-order valence-corrected chi connectivity index (χ0v) is 7.25. The summed E-state index contributed by atoms with van der Waals surface area (Å²) in [6.07, 6.45) is 4.23. The highest BCUT2D eigenvalue weighted by Gasteiger charge is 2.25. The van der Waals surface area contributed by atoms with Gasteiger partial charge in [-0.3, -0.25) is 9.59 Å². The van der Waals surface area contributed by atoms with Crippen LogP contribution in [-0.2, 0) is 4.79 Å². The molecular formula is C10H11NO2. The normalized spacial score (nSPS) is 22.2. The number of carbonyl (C=O) groups is 1. The molecule has 3 heteroatoms. The molecule has 0 spiro atoms. The van der Waals surface area contributed by atoms with E-state index in [0.717, 1.165) is 18.4 Å². The van der Waals surface area contributed by atoms with Crippen molar-refractivity contribution in [2.24, 2.45) is 0 Å². The monoisotopic (exact) mass is 177 g/mol. The molecule has 68 valence electrons. The summed E-state index contributed by atoms with van der Waals surface area (Å²) in [6.45, 7) is 0. The molecule has 1 atom stereocenters. The van der Waals surface area contributed by atoms with E-state index in [1.165, 1.54) is 6.07 Å². The quantitative estimate of drug-likeness (QED) is 0.701. The van der Waals surface area contributed by atoms with Crippen molar-refractivity contribution < 1.29 is 4.79 Å². The van der Waals surface area contributed by atoms with Crippen LogP contribution in [0.15, 0.2) is 23.1 Å². The Bertz CT molecular complexity index is 360. The Morgan fingerprint density at radius 1 is 1.31 bits per heavy atom. The number of hydrogen-bond donors (Lipinski definition) is 1. The summed E-state index contributed by atoms with van der Waals surface area (Å²) >= 11 is 0.